The van der Waals surface area contributed by atoms with E-state index in [0.717, 1.165) is 11.3 Å². The predicted molar refractivity (Wildman–Crippen MR) is 107 cm³/mol. The zero-order valence-electron chi connectivity index (χ0n) is 14.7. The molecule has 0 bridgehead atoms. The summed E-state index contributed by atoms with van der Waals surface area (Å²) in [5.41, 5.74) is 0. The molecule has 3 aromatic heterocycles. The zero-order valence-corrected chi connectivity index (χ0v) is 17.1. The topological polar surface area (TPSA) is 105 Å². The lowest BCUT2D eigenvalue weighted by Gasteiger charge is -2.16. The highest BCUT2D eigenvalue weighted by Crippen LogP contribution is 2.33. The van der Waals surface area contributed by atoms with Crippen molar-refractivity contribution >= 4 is 44.3 Å². The summed E-state index contributed by atoms with van der Waals surface area (Å²) in [6.45, 7) is 0.0484. The van der Waals surface area contributed by atoms with E-state index in [0.29, 0.717) is 17.1 Å². The fraction of sp³-hybridized carbons (Fsp3) is 0.222. The number of sulfone groups is 1. The SMILES string of the molecule is O=C(NCCc1ccco1)C(=O)NCC(c1cccs1)S(=O)(=O)c1cccs1. The van der Waals surface area contributed by atoms with Crippen LogP contribution in [0.25, 0.3) is 0 Å². The summed E-state index contributed by atoms with van der Waals surface area (Å²) in [7, 11) is -3.68. The third-order valence-corrected chi connectivity index (χ3v) is 8.55. The van der Waals surface area contributed by atoms with Crippen LogP contribution in [0.3, 0.4) is 0 Å². The van der Waals surface area contributed by atoms with E-state index in [4.69, 9.17) is 4.42 Å². The maximum absolute atomic E-state index is 12.9. The van der Waals surface area contributed by atoms with Crippen molar-refractivity contribution in [1.29, 1.82) is 0 Å². The van der Waals surface area contributed by atoms with Crippen LogP contribution >= 0.6 is 22.7 Å². The van der Waals surface area contributed by atoms with Crippen LogP contribution in [-0.4, -0.2) is 33.3 Å². The Labute approximate surface area is 170 Å². The number of hydrogen-bond donors (Lipinski definition) is 2. The summed E-state index contributed by atoms with van der Waals surface area (Å²) in [6.07, 6.45) is 1.99. The Hall–Kier alpha value is -2.43. The second kappa shape index (κ2) is 9.18. The zero-order chi connectivity index (χ0) is 20.0. The lowest BCUT2D eigenvalue weighted by molar-refractivity contribution is -0.139. The summed E-state index contributed by atoms with van der Waals surface area (Å²) in [6, 6.07) is 10.2. The molecule has 0 aliphatic heterocycles. The standard InChI is InChI=1S/C18H18N2O5S3/c21-17(19-8-7-13-4-1-9-25-13)18(22)20-12-15(14-5-2-10-26-14)28(23,24)16-6-3-11-27-16/h1-6,9-11,15H,7-8,12H2,(H,19,21)(H,20,22). The Morgan fingerprint density at radius 3 is 2.39 bits per heavy atom. The second-order valence-corrected chi connectivity index (χ2v) is 10.1. The Kier molecular flexibility index (Phi) is 6.65. The quantitative estimate of drug-likeness (QED) is 0.526. The summed E-state index contributed by atoms with van der Waals surface area (Å²) in [5.74, 6) is -0.993. The van der Waals surface area contributed by atoms with Gasteiger partial charge in [0, 0.05) is 24.4 Å². The van der Waals surface area contributed by atoms with E-state index in [9.17, 15) is 18.0 Å². The van der Waals surface area contributed by atoms with Crippen LogP contribution in [-0.2, 0) is 25.8 Å². The van der Waals surface area contributed by atoms with Crippen molar-refractivity contribution in [3.8, 4) is 0 Å². The van der Waals surface area contributed by atoms with Crippen LogP contribution in [0.15, 0.2) is 62.0 Å². The molecule has 0 aliphatic carbocycles. The van der Waals surface area contributed by atoms with E-state index < -0.39 is 26.9 Å². The van der Waals surface area contributed by atoms with Crippen LogP contribution in [0.2, 0.25) is 0 Å². The fourth-order valence-electron chi connectivity index (χ4n) is 2.50. The van der Waals surface area contributed by atoms with Gasteiger partial charge in [-0.3, -0.25) is 9.59 Å². The number of hydrogen-bond acceptors (Lipinski definition) is 7. The molecule has 1 unspecified atom stereocenters. The molecule has 1 atom stereocenters. The van der Waals surface area contributed by atoms with Gasteiger partial charge in [0.2, 0.25) is 0 Å². The molecular formula is C18H18N2O5S3. The van der Waals surface area contributed by atoms with E-state index in [-0.39, 0.29) is 17.3 Å². The monoisotopic (exact) mass is 438 g/mol. The lowest BCUT2D eigenvalue weighted by atomic mass is 10.3. The van der Waals surface area contributed by atoms with Gasteiger partial charge in [-0.05, 0) is 35.0 Å². The molecule has 10 heteroatoms. The van der Waals surface area contributed by atoms with Crippen LogP contribution in [0.4, 0.5) is 0 Å². The summed E-state index contributed by atoms with van der Waals surface area (Å²) in [5, 5.41) is 7.43. The average molecular weight is 439 g/mol. The van der Waals surface area contributed by atoms with E-state index in [1.165, 1.54) is 23.7 Å². The maximum Gasteiger partial charge on any atom is 0.309 e. The molecule has 0 aromatic carbocycles. The van der Waals surface area contributed by atoms with Gasteiger partial charge in [0.05, 0.1) is 6.26 Å². The molecule has 3 aromatic rings. The number of amides is 2. The van der Waals surface area contributed by atoms with Crippen molar-refractivity contribution in [1.82, 2.24) is 10.6 Å². The lowest BCUT2D eigenvalue weighted by Crippen LogP contribution is -2.42. The van der Waals surface area contributed by atoms with Gasteiger partial charge in [0.25, 0.3) is 0 Å². The Bertz CT molecular complexity index is 994. The Morgan fingerprint density at radius 1 is 1.00 bits per heavy atom. The molecule has 0 aliphatic rings. The molecule has 28 heavy (non-hydrogen) atoms. The Morgan fingerprint density at radius 2 is 1.75 bits per heavy atom. The highest BCUT2D eigenvalue weighted by atomic mass is 32.2. The van der Waals surface area contributed by atoms with E-state index in [1.807, 2.05) is 0 Å². The molecule has 2 amide bonds. The average Bonchev–Trinajstić information content (AvgIpc) is 3.43. The number of nitrogens with one attached hydrogen (secondary N) is 2. The highest BCUT2D eigenvalue weighted by molar-refractivity contribution is 7.93. The van der Waals surface area contributed by atoms with Crippen molar-refractivity contribution in [3.05, 3.63) is 64.1 Å². The van der Waals surface area contributed by atoms with Gasteiger partial charge in [-0.2, -0.15) is 0 Å². The molecule has 2 N–H and O–H groups in total. The molecule has 3 rings (SSSR count). The van der Waals surface area contributed by atoms with Crippen LogP contribution in [0.1, 0.15) is 15.9 Å². The minimum absolute atomic E-state index is 0.189. The number of carbonyl (C=O) groups excluding carboxylic acids is 2. The number of thiophene rings is 2. The van der Waals surface area contributed by atoms with E-state index in [1.54, 1.807) is 41.1 Å². The van der Waals surface area contributed by atoms with Gasteiger partial charge >= 0.3 is 11.8 Å². The third kappa shape index (κ3) is 4.89. The minimum Gasteiger partial charge on any atom is -0.469 e. The molecule has 0 saturated heterocycles. The Balaban J connectivity index is 1.60. The van der Waals surface area contributed by atoms with Gasteiger partial charge < -0.3 is 15.1 Å². The van der Waals surface area contributed by atoms with Gasteiger partial charge in [0.1, 0.15) is 15.2 Å². The number of furan rings is 1. The smallest absolute Gasteiger partial charge is 0.309 e. The highest BCUT2D eigenvalue weighted by Gasteiger charge is 2.31. The molecule has 0 radical (unpaired) electrons. The van der Waals surface area contributed by atoms with Crippen LogP contribution in [0.5, 0.6) is 0 Å². The molecule has 0 saturated carbocycles. The van der Waals surface area contributed by atoms with Gasteiger partial charge in [-0.15, -0.1) is 22.7 Å². The number of carbonyl (C=O) groups is 2. The van der Waals surface area contributed by atoms with Crippen molar-refractivity contribution in [2.24, 2.45) is 0 Å². The van der Waals surface area contributed by atoms with Crippen molar-refractivity contribution in [3.63, 3.8) is 0 Å². The largest absolute Gasteiger partial charge is 0.469 e. The molecule has 7 nitrogen and oxygen atoms in total. The molecule has 3 heterocycles. The maximum atomic E-state index is 12.9. The first-order valence-corrected chi connectivity index (χ1v) is 11.7. The molecule has 0 fully saturated rings. The van der Waals surface area contributed by atoms with E-state index >= 15 is 0 Å². The molecule has 0 spiro atoms. The normalized spacial score (nSPS) is 12.4. The number of rotatable bonds is 8. The third-order valence-electron chi connectivity index (χ3n) is 3.90. The minimum atomic E-state index is -3.68. The first-order valence-electron chi connectivity index (χ1n) is 8.37. The first-order chi connectivity index (χ1) is 13.5. The first kappa shape index (κ1) is 20.3. The van der Waals surface area contributed by atoms with Crippen molar-refractivity contribution < 1.29 is 22.4 Å². The van der Waals surface area contributed by atoms with Gasteiger partial charge in [0.15, 0.2) is 9.84 Å². The molecular weight excluding hydrogens is 420 g/mol. The van der Waals surface area contributed by atoms with Crippen LogP contribution < -0.4 is 10.6 Å². The van der Waals surface area contributed by atoms with Crippen LogP contribution in [0, 0.1) is 0 Å². The van der Waals surface area contributed by atoms with E-state index in [2.05, 4.69) is 10.6 Å². The van der Waals surface area contributed by atoms with Crippen molar-refractivity contribution in [2.75, 3.05) is 13.1 Å². The van der Waals surface area contributed by atoms with Gasteiger partial charge in [-0.1, -0.05) is 12.1 Å². The van der Waals surface area contributed by atoms with Crippen molar-refractivity contribution in [2.45, 2.75) is 15.9 Å². The van der Waals surface area contributed by atoms with Gasteiger partial charge in [-0.25, -0.2) is 8.42 Å². The predicted octanol–water partition coefficient (Wildman–Crippen LogP) is 2.39. The summed E-state index contributed by atoms with van der Waals surface area (Å²) >= 11 is 2.41. The second-order valence-electron chi connectivity index (χ2n) is 5.78. The molecule has 148 valence electrons. The fourth-order valence-corrected chi connectivity index (χ4v) is 6.49. The summed E-state index contributed by atoms with van der Waals surface area (Å²) < 4.78 is 31.2. The summed E-state index contributed by atoms with van der Waals surface area (Å²) in [4.78, 5) is 24.6.